The number of hydrogen-bond donors (Lipinski definition) is 1. The Kier molecular flexibility index (Phi) is 4.47. The smallest absolute Gasteiger partial charge is 0.302 e. The Morgan fingerprint density at radius 2 is 2.11 bits per heavy atom. The Morgan fingerprint density at radius 1 is 1.42 bits per heavy atom. The highest BCUT2D eigenvalue weighted by atomic mass is 35.5. The topological polar surface area (TPSA) is 58.1 Å². The normalized spacial score (nSPS) is 15.2. The number of halogens is 1. The Labute approximate surface area is 117 Å². The molecule has 1 heterocycles. The molecule has 0 radical (unpaired) electrons. The predicted molar refractivity (Wildman–Crippen MR) is 76.0 cm³/mol. The lowest BCUT2D eigenvalue weighted by atomic mass is 10.2. The minimum absolute atomic E-state index is 0.184. The third-order valence-electron chi connectivity index (χ3n) is 3.58. The fraction of sp³-hybridized carbons (Fsp3) is 0.692. The third-order valence-corrected chi connectivity index (χ3v) is 3.90. The molecular weight excluding hydrogens is 266 g/mol. The van der Waals surface area contributed by atoms with E-state index in [4.69, 9.17) is 11.6 Å². The molecule has 2 rings (SSSR count). The summed E-state index contributed by atoms with van der Waals surface area (Å²) in [6, 6.07) is 0.622. The zero-order valence-electron chi connectivity index (χ0n) is 11.4. The number of nitrogens with zero attached hydrogens (tertiary/aromatic N) is 2. The first kappa shape index (κ1) is 14.3. The molecular formula is C13H20ClN3O2. The number of aromatic nitrogens is 2. The first-order valence-corrected chi connectivity index (χ1v) is 7.14. The van der Waals surface area contributed by atoms with E-state index < -0.39 is 5.69 Å². The second-order valence-corrected chi connectivity index (χ2v) is 5.52. The summed E-state index contributed by atoms with van der Waals surface area (Å²) in [4.78, 5) is 28.8. The van der Waals surface area contributed by atoms with E-state index in [0.717, 1.165) is 6.42 Å². The highest BCUT2D eigenvalue weighted by molar-refractivity contribution is 6.30. The van der Waals surface area contributed by atoms with Gasteiger partial charge in [-0.1, -0.05) is 24.9 Å². The summed E-state index contributed by atoms with van der Waals surface area (Å²) >= 11 is 5.93. The Hall–Kier alpha value is -1.07. The van der Waals surface area contributed by atoms with Gasteiger partial charge in [-0.3, -0.25) is 14.3 Å². The predicted octanol–water partition coefficient (Wildman–Crippen LogP) is 1.24. The summed E-state index contributed by atoms with van der Waals surface area (Å²) in [6.07, 6.45) is 3.84. The van der Waals surface area contributed by atoms with Gasteiger partial charge in [0.05, 0.1) is 5.56 Å². The van der Waals surface area contributed by atoms with Crippen LogP contribution in [0.4, 0.5) is 0 Å². The molecule has 0 unspecified atom stereocenters. The van der Waals surface area contributed by atoms with Crippen molar-refractivity contribution in [3.05, 3.63) is 31.6 Å². The van der Waals surface area contributed by atoms with Gasteiger partial charge in [0.25, 0.3) is 5.56 Å². The maximum Gasteiger partial charge on any atom is 0.329 e. The average Bonchev–Trinajstić information content (AvgIpc) is 3.18. The molecule has 19 heavy (non-hydrogen) atoms. The molecule has 0 saturated heterocycles. The SMILES string of the molecule is CCCc1c(Cl)[nH]c(=O)n(CCN(C)C2CC2)c1=O. The van der Waals surface area contributed by atoms with E-state index in [0.29, 0.717) is 31.1 Å². The van der Waals surface area contributed by atoms with Crippen LogP contribution < -0.4 is 11.2 Å². The van der Waals surface area contributed by atoms with Crippen molar-refractivity contribution in [1.29, 1.82) is 0 Å². The zero-order chi connectivity index (χ0) is 14.0. The maximum atomic E-state index is 12.2. The van der Waals surface area contributed by atoms with Gasteiger partial charge in [-0.25, -0.2) is 4.79 Å². The minimum atomic E-state index is -0.418. The van der Waals surface area contributed by atoms with E-state index in [1.165, 1.54) is 17.4 Å². The quantitative estimate of drug-likeness (QED) is 0.800. The van der Waals surface area contributed by atoms with Crippen molar-refractivity contribution in [2.75, 3.05) is 13.6 Å². The number of H-pyrrole nitrogens is 1. The van der Waals surface area contributed by atoms with Gasteiger partial charge < -0.3 is 4.90 Å². The molecule has 1 aromatic heterocycles. The molecule has 1 saturated carbocycles. The lowest BCUT2D eigenvalue weighted by molar-refractivity contribution is 0.304. The van der Waals surface area contributed by atoms with Crippen LogP contribution in [0.15, 0.2) is 9.59 Å². The Bertz CT molecular complexity index is 560. The van der Waals surface area contributed by atoms with Crippen LogP contribution in [-0.4, -0.2) is 34.1 Å². The lowest BCUT2D eigenvalue weighted by Crippen LogP contribution is -2.40. The fourth-order valence-electron chi connectivity index (χ4n) is 2.21. The molecule has 0 bridgehead atoms. The van der Waals surface area contributed by atoms with Crippen molar-refractivity contribution in [1.82, 2.24) is 14.5 Å². The van der Waals surface area contributed by atoms with Gasteiger partial charge >= 0.3 is 5.69 Å². The molecule has 0 amide bonds. The van der Waals surface area contributed by atoms with Crippen LogP contribution in [-0.2, 0) is 13.0 Å². The Morgan fingerprint density at radius 3 is 2.68 bits per heavy atom. The van der Waals surface area contributed by atoms with E-state index in [9.17, 15) is 9.59 Å². The summed E-state index contributed by atoms with van der Waals surface area (Å²) in [7, 11) is 2.03. The van der Waals surface area contributed by atoms with Crippen molar-refractivity contribution in [3.8, 4) is 0 Å². The Balaban J connectivity index is 2.21. The first-order valence-electron chi connectivity index (χ1n) is 6.76. The maximum absolute atomic E-state index is 12.2. The van der Waals surface area contributed by atoms with Crippen molar-refractivity contribution in [3.63, 3.8) is 0 Å². The van der Waals surface area contributed by atoms with Crippen molar-refractivity contribution >= 4 is 11.6 Å². The average molecular weight is 286 g/mol. The summed E-state index contributed by atoms with van der Waals surface area (Å²) in [6.45, 7) is 3.10. The molecule has 1 aromatic rings. The van der Waals surface area contributed by atoms with Gasteiger partial charge in [-0.2, -0.15) is 0 Å². The molecule has 1 N–H and O–H groups in total. The number of nitrogens with one attached hydrogen (secondary N) is 1. The van der Waals surface area contributed by atoms with Gasteiger partial charge in [-0.05, 0) is 26.3 Å². The van der Waals surface area contributed by atoms with Gasteiger partial charge in [0.2, 0.25) is 0 Å². The van der Waals surface area contributed by atoms with Gasteiger partial charge in [0, 0.05) is 19.1 Å². The molecule has 5 nitrogen and oxygen atoms in total. The van der Waals surface area contributed by atoms with E-state index in [1.807, 2.05) is 14.0 Å². The molecule has 1 aliphatic carbocycles. The molecule has 0 aliphatic heterocycles. The molecule has 6 heteroatoms. The molecule has 0 atom stereocenters. The van der Waals surface area contributed by atoms with Gasteiger partial charge in [0.15, 0.2) is 0 Å². The monoisotopic (exact) mass is 285 g/mol. The van der Waals surface area contributed by atoms with Crippen LogP contribution in [0.1, 0.15) is 31.7 Å². The second kappa shape index (κ2) is 5.92. The molecule has 1 aliphatic rings. The number of hydrogen-bond acceptors (Lipinski definition) is 3. The van der Waals surface area contributed by atoms with Crippen LogP contribution in [0, 0.1) is 0 Å². The van der Waals surface area contributed by atoms with Crippen molar-refractivity contribution in [2.24, 2.45) is 0 Å². The largest absolute Gasteiger partial charge is 0.329 e. The van der Waals surface area contributed by atoms with E-state index >= 15 is 0 Å². The number of rotatable bonds is 6. The summed E-state index contributed by atoms with van der Waals surface area (Å²) in [5.74, 6) is 0. The van der Waals surface area contributed by atoms with E-state index in [-0.39, 0.29) is 10.7 Å². The first-order chi connectivity index (χ1) is 9.04. The lowest BCUT2D eigenvalue weighted by Gasteiger charge is -2.16. The van der Waals surface area contributed by atoms with Crippen LogP contribution in [0.2, 0.25) is 5.15 Å². The van der Waals surface area contributed by atoms with Crippen LogP contribution in [0.25, 0.3) is 0 Å². The summed E-state index contributed by atoms with van der Waals surface area (Å²) in [5, 5.41) is 0.184. The molecule has 1 fully saturated rings. The van der Waals surface area contributed by atoms with Gasteiger partial charge in [0.1, 0.15) is 5.15 Å². The van der Waals surface area contributed by atoms with E-state index in [2.05, 4.69) is 9.88 Å². The summed E-state index contributed by atoms with van der Waals surface area (Å²) in [5.41, 5.74) is -0.156. The number of likely N-dealkylation sites (N-methyl/N-ethyl adjacent to an activating group) is 1. The third kappa shape index (κ3) is 3.28. The van der Waals surface area contributed by atoms with E-state index in [1.54, 1.807) is 0 Å². The van der Waals surface area contributed by atoms with Crippen LogP contribution in [0.3, 0.4) is 0 Å². The standard InChI is InChI=1S/C13H20ClN3O2/c1-3-4-10-11(14)15-13(19)17(12(10)18)8-7-16(2)9-5-6-9/h9H,3-8H2,1-2H3,(H,15,19). The van der Waals surface area contributed by atoms with Crippen LogP contribution >= 0.6 is 11.6 Å². The van der Waals surface area contributed by atoms with Crippen molar-refractivity contribution < 1.29 is 0 Å². The minimum Gasteiger partial charge on any atom is -0.302 e. The fourth-order valence-corrected chi connectivity index (χ4v) is 2.47. The number of aromatic amines is 1. The highest BCUT2D eigenvalue weighted by Crippen LogP contribution is 2.24. The molecule has 106 valence electrons. The van der Waals surface area contributed by atoms with Crippen molar-refractivity contribution in [2.45, 2.75) is 45.2 Å². The summed E-state index contributed by atoms with van der Waals surface area (Å²) < 4.78 is 1.26. The highest BCUT2D eigenvalue weighted by Gasteiger charge is 2.25. The zero-order valence-corrected chi connectivity index (χ0v) is 12.2. The van der Waals surface area contributed by atoms with Crippen LogP contribution in [0.5, 0.6) is 0 Å². The molecule has 0 spiro atoms. The van der Waals surface area contributed by atoms with Gasteiger partial charge in [-0.15, -0.1) is 0 Å². The molecule has 0 aromatic carbocycles. The second-order valence-electron chi connectivity index (χ2n) is 5.14.